The van der Waals surface area contributed by atoms with E-state index in [0.717, 1.165) is 31.9 Å². The number of rotatable bonds is 4. The molecule has 3 rings (SSSR count). The minimum atomic E-state index is -0.0437. The van der Waals surface area contributed by atoms with Crippen molar-refractivity contribution in [1.82, 2.24) is 5.32 Å². The number of nitrogens with one attached hydrogen (secondary N) is 1. The van der Waals surface area contributed by atoms with Gasteiger partial charge in [0, 0.05) is 30.9 Å². The van der Waals surface area contributed by atoms with Crippen molar-refractivity contribution in [3.63, 3.8) is 0 Å². The highest BCUT2D eigenvalue weighted by molar-refractivity contribution is 5.94. The molecule has 4 nitrogen and oxygen atoms in total. The van der Waals surface area contributed by atoms with E-state index in [1.54, 1.807) is 0 Å². The Kier molecular flexibility index (Phi) is 4.71. The predicted molar refractivity (Wildman–Crippen MR) is 87.1 cm³/mol. The van der Waals surface area contributed by atoms with Crippen LogP contribution in [0.2, 0.25) is 0 Å². The second-order valence-corrected chi connectivity index (χ2v) is 5.31. The molecule has 4 heteroatoms. The first-order chi connectivity index (χ1) is 10.8. The van der Waals surface area contributed by atoms with E-state index in [-0.39, 0.29) is 5.91 Å². The van der Waals surface area contributed by atoms with Crippen molar-refractivity contribution in [3.8, 4) is 0 Å². The van der Waals surface area contributed by atoms with E-state index in [9.17, 15) is 4.79 Å². The van der Waals surface area contributed by atoms with Gasteiger partial charge in [0.05, 0.1) is 13.2 Å². The molecule has 1 N–H and O–H groups in total. The SMILES string of the molecule is O=C(NCc1ccc(N2CCOCC2)cc1)c1ccccc1. The Morgan fingerprint density at radius 3 is 2.36 bits per heavy atom. The third-order valence-electron chi connectivity index (χ3n) is 3.80. The molecule has 0 aliphatic carbocycles. The molecule has 2 aromatic rings. The van der Waals surface area contributed by atoms with E-state index in [0.29, 0.717) is 12.1 Å². The van der Waals surface area contributed by atoms with Gasteiger partial charge in [0.2, 0.25) is 0 Å². The predicted octanol–water partition coefficient (Wildman–Crippen LogP) is 2.45. The third-order valence-corrected chi connectivity index (χ3v) is 3.80. The Labute approximate surface area is 130 Å². The highest BCUT2D eigenvalue weighted by Gasteiger charge is 2.11. The Morgan fingerprint density at radius 2 is 1.68 bits per heavy atom. The van der Waals surface area contributed by atoms with Crippen LogP contribution in [0.1, 0.15) is 15.9 Å². The van der Waals surface area contributed by atoms with Crippen LogP contribution in [0, 0.1) is 0 Å². The van der Waals surface area contributed by atoms with Gasteiger partial charge in [-0.2, -0.15) is 0 Å². The second kappa shape index (κ2) is 7.09. The normalized spacial score (nSPS) is 14.6. The van der Waals surface area contributed by atoms with Gasteiger partial charge in [-0.05, 0) is 29.8 Å². The lowest BCUT2D eigenvalue weighted by Crippen LogP contribution is -2.36. The van der Waals surface area contributed by atoms with Crippen LogP contribution in [-0.4, -0.2) is 32.2 Å². The van der Waals surface area contributed by atoms with Crippen molar-refractivity contribution in [3.05, 3.63) is 65.7 Å². The topological polar surface area (TPSA) is 41.6 Å². The molecule has 0 bridgehead atoms. The number of nitrogens with zero attached hydrogens (tertiary/aromatic N) is 1. The van der Waals surface area contributed by atoms with Crippen LogP contribution in [0.4, 0.5) is 5.69 Å². The average molecular weight is 296 g/mol. The van der Waals surface area contributed by atoms with Crippen LogP contribution in [-0.2, 0) is 11.3 Å². The molecule has 1 aliphatic rings. The quantitative estimate of drug-likeness (QED) is 0.942. The Bertz CT molecular complexity index is 605. The smallest absolute Gasteiger partial charge is 0.251 e. The zero-order valence-electron chi connectivity index (χ0n) is 12.5. The van der Waals surface area contributed by atoms with Gasteiger partial charge in [-0.25, -0.2) is 0 Å². The van der Waals surface area contributed by atoms with Crippen molar-refractivity contribution < 1.29 is 9.53 Å². The summed E-state index contributed by atoms with van der Waals surface area (Å²) < 4.78 is 5.36. The molecule has 0 spiro atoms. The summed E-state index contributed by atoms with van der Waals surface area (Å²) in [7, 11) is 0. The second-order valence-electron chi connectivity index (χ2n) is 5.31. The zero-order valence-corrected chi connectivity index (χ0v) is 12.5. The summed E-state index contributed by atoms with van der Waals surface area (Å²) in [6.45, 7) is 3.98. The van der Waals surface area contributed by atoms with Crippen LogP contribution >= 0.6 is 0 Å². The van der Waals surface area contributed by atoms with Gasteiger partial charge in [-0.15, -0.1) is 0 Å². The molecule has 1 aliphatic heterocycles. The lowest BCUT2D eigenvalue weighted by molar-refractivity contribution is 0.0951. The van der Waals surface area contributed by atoms with Crippen LogP contribution in [0.15, 0.2) is 54.6 Å². The highest BCUT2D eigenvalue weighted by atomic mass is 16.5. The monoisotopic (exact) mass is 296 g/mol. The summed E-state index contributed by atoms with van der Waals surface area (Å²) >= 11 is 0. The van der Waals surface area contributed by atoms with E-state index >= 15 is 0 Å². The largest absolute Gasteiger partial charge is 0.378 e. The lowest BCUT2D eigenvalue weighted by Gasteiger charge is -2.28. The molecule has 114 valence electrons. The molecular weight excluding hydrogens is 276 g/mol. The molecule has 1 heterocycles. The maximum absolute atomic E-state index is 12.0. The number of anilines is 1. The number of ether oxygens (including phenoxy) is 1. The standard InChI is InChI=1S/C18H20N2O2/c21-18(16-4-2-1-3-5-16)19-14-15-6-8-17(9-7-15)20-10-12-22-13-11-20/h1-9H,10-14H2,(H,19,21). The van der Waals surface area contributed by atoms with Gasteiger partial charge >= 0.3 is 0 Å². The molecule has 1 saturated heterocycles. The van der Waals surface area contributed by atoms with Crippen molar-refractivity contribution in [1.29, 1.82) is 0 Å². The molecular formula is C18H20N2O2. The van der Waals surface area contributed by atoms with Crippen LogP contribution in [0.25, 0.3) is 0 Å². The van der Waals surface area contributed by atoms with Crippen LogP contribution in [0.5, 0.6) is 0 Å². The highest BCUT2D eigenvalue weighted by Crippen LogP contribution is 2.16. The Hall–Kier alpha value is -2.33. The molecule has 22 heavy (non-hydrogen) atoms. The molecule has 0 radical (unpaired) electrons. The lowest BCUT2D eigenvalue weighted by atomic mass is 10.1. The fourth-order valence-electron chi connectivity index (χ4n) is 2.52. The van der Waals surface area contributed by atoms with Gasteiger partial charge < -0.3 is 15.0 Å². The number of carbonyl (C=O) groups is 1. The van der Waals surface area contributed by atoms with Gasteiger partial charge in [0.25, 0.3) is 5.91 Å². The summed E-state index contributed by atoms with van der Waals surface area (Å²) in [5.41, 5.74) is 3.00. The van der Waals surface area contributed by atoms with E-state index in [1.165, 1.54) is 5.69 Å². The van der Waals surface area contributed by atoms with Gasteiger partial charge in [-0.1, -0.05) is 30.3 Å². The van der Waals surface area contributed by atoms with Gasteiger partial charge in [0.1, 0.15) is 0 Å². The van der Waals surface area contributed by atoms with E-state index in [1.807, 2.05) is 30.3 Å². The number of hydrogen-bond donors (Lipinski definition) is 1. The summed E-state index contributed by atoms with van der Waals surface area (Å²) in [6, 6.07) is 17.6. The molecule has 2 aromatic carbocycles. The summed E-state index contributed by atoms with van der Waals surface area (Å²) in [4.78, 5) is 14.3. The Balaban J connectivity index is 1.56. The van der Waals surface area contributed by atoms with E-state index in [2.05, 4.69) is 34.5 Å². The van der Waals surface area contributed by atoms with Crippen molar-refractivity contribution in [2.75, 3.05) is 31.2 Å². The first kappa shape index (κ1) is 14.6. The maximum Gasteiger partial charge on any atom is 0.251 e. The molecule has 0 saturated carbocycles. The Morgan fingerprint density at radius 1 is 1.00 bits per heavy atom. The number of benzene rings is 2. The third kappa shape index (κ3) is 3.65. The summed E-state index contributed by atoms with van der Waals surface area (Å²) in [5.74, 6) is -0.0437. The van der Waals surface area contributed by atoms with E-state index in [4.69, 9.17) is 4.74 Å². The summed E-state index contributed by atoms with van der Waals surface area (Å²) in [5, 5.41) is 2.94. The van der Waals surface area contributed by atoms with Crippen LogP contribution in [0.3, 0.4) is 0 Å². The van der Waals surface area contributed by atoms with Gasteiger partial charge in [-0.3, -0.25) is 4.79 Å². The fraction of sp³-hybridized carbons (Fsp3) is 0.278. The van der Waals surface area contributed by atoms with Gasteiger partial charge in [0.15, 0.2) is 0 Å². The molecule has 0 aromatic heterocycles. The summed E-state index contributed by atoms with van der Waals surface area (Å²) in [6.07, 6.45) is 0. The number of amides is 1. The average Bonchev–Trinajstić information content (AvgIpc) is 2.61. The molecule has 1 amide bonds. The molecule has 1 fully saturated rings. The van der Waals surface area contributed by atoms with Crippen molar-refractivity contribution in [2.24, 2.45) is 0 Å². The molecule has 0 atom stereocenters. The first-order valence-electron chi connectivity index (χ1n) is 7.58. The van der Waals surface area contributed by atoms with Crippen molar-refractivity contribution in [2.45, 2.75) is 6.54 Å². The number of hydrogen-bond acceptors (Lipinski definition) is 3. The van der Waals surface area contributed by atoms with Crippen LogP contribution < -0.4 is 10.2 Å². The first-order valence-corrected chi connectivity index (χ1v) is 7.58. The molecule has 0 unspecified atom stereocenters. The number of morpholine rings is 1. The minimum absolute atomic E-state index is 0.0437. The fourth-order valence-corrected chi connectivity index (χ4v) is 2.52. The zero-order chi connectivity index (χ0) is 15.2. The van der Waals surface area contributed by atoms with E-state index < -0.39 is 0 Å². The maximum atomic E-state index is 12.0. The van der Waals surface area contributed by atoms with Crippen molar-refractivity contribution >= 4 is 11.6 Å². The number of carbonyl (C=O) groups excluding carboxylic acids is 1. The minimum Gasteiger partial charge on any atom is -0.378 e.